The van der Waals surface area contributed by atoms with Crippen molar-refractivity contribution in [2.75, 3.05) is 40.5 Å². The molecular formula is C24H28BrClN2O3. The van der Waals surface area contributed by atoms with Crippen molar-refractivity contribution in [3.8, 4) is 11.5 Å². The lowest BCUT2D eigenvalue weighted by atomic mass is 9.90. The van der Waals surface area contributed by atoms with Gasteiger partial charge >= 0.3 is 0 Å². The summed E-state index contributed by atoms with van der Waals surface area (Å²) < 4.78 is 12.1. The zero-order valence-corrected chi connectivity index (χ0v) is 20.3. The Hall–Kier alpha value is -1.76. The molecule has 0 spiro atoms. The second-order valence-electron chi connectivity index (χ2n) is 8.55. The van der Waals surface area contributed by atoms with Gasteiger partial charge in [0.05, 0.1) is 10.6 Å². The number of ether oxygens (including phenoxy) is 2. The van der Waals surface area contributed by atoms with Crippen LogP contribution in [0.5, 0.6) is 11.5 Å². The van der Waals surface area contributed by atoms with E-state index in [4.69, 9.17) is 21.1 Å². The molecular weight excluding hydrogens is 480 g/mol. The van der Waals surface area contributed by atoms with E-state index in [1.807, 2.05) is 24.3 Å². The Labute approximate surface area is 197 Å². The van der Waals surface area contributed by atoms with Crippen LogP contribution in [0.1, 0.15) is 34.3 Å². The number of hydrogen-bond acceptors (Lipinski definition) is 4. The first kappa shape index (κ1) is 22.4. The number of fused-ring (bicyclic) bond motifs is 1. The lowest BCUT2D eigenvalue weighted by molar-refractivity contribution is 0.0827. The molecule has 2 aromatic carbocycles. The van der Waals surface area contributed by atoms with E-state index in [1.165, 1.54) is 24.0 Å². The minimum absolute atomic E-state index is 0.0623. The van der Waals surface area contributed by atoms with Crippen LogP contribution < -0.4 is 9.47 Å². The minimum Gasteiger partial charge on any atom is -0.454 e. The van der Waals surface area contributed by atoms with Gasteiger partial charge in [0.1, 0.15) is 0 Å². The first-order valence-corrected chi connectivity index (χ1v) is 11.9. The van der Waals surface area contributed by atoms with Crippen LogP contribution in [0.4, 0.5) is 0 Å². The Morgan fingerprint density at radius 2 is 1.87 bits per heavy atom. The van der Waals surface area contributed by atoms with E-state index in [-0.39, 0.29) is 5.91 Å². The molecule has 4 rings (SSSR count). The molecule has 0 aliphatic carbocycles. The third-order valence-electron chi connectivity index (χ3n) is 6.14. The fourth-order valence-electron chi connectivity index (χ4n) is 4.26. The van der Waals surface area contributed by atoms with Gasteiger partial charge in [-0.25, -0.2) is 0 Å². The highest BCUT2D eigenvalue weighted by atomic mass is 79.9. The number of carbonyl (C=O) groups is 1. The van der Waals surface area contributed by atoms with Crippen molar-refractivity contribution in [3.05, 3.63) is 56.5 Å². The fraction of sp³-hybridized carbons (Fsp3) is 0.458. The van der Waals surface area contributed by atoms with Gasteiger partial charge in [-0.3, -0.25) is 4.79 Å². The second kappa shape index (κ2) is 9.80. The van der Waals surface area contributed by atoms with Gasteiger partial charge < -0.3 is 19.3 Å². The summed E-state index contributed by atoms with van der Waals surface area (Å²) >= 11 is 10.0. The number of rotatable bonds is 6. The number of piperidine rings is 1. The maximum atomic E-state index is 12.1. The van der Waals surface area contributed by atoms with E-state index in [0.29, 0.717) is 23.3 Å². The normalized spacial score (nSPS) is 16.5. The molecule has 0 bridgehead atoms. The summed E-state index contributed by atoms with van der Waals surface area (Å²) in [6, 6.07) is 9.94. The molecule has 7 heteroatoms. The van der Waals surface area contributed by atoms with E-state index >= 15 is 0 Å². The lowest BCUT2D eigenvalue weighted by Crippen LogP contribution is -2.35. The highest BCUT2D eigenvalue weighted by molar-refractivity contribution is 9.10. The number of amides is 1. The minimum atomic E-state index is -0.0623. The monoisotopic (exact) mass is 506 g/mol. The van der Waals surface area contributed by atoms with Crippen LogP contribution in [0.15, 0.2) is 34.8 Å². The number of benzene rings is 2. The summed E-state index contributed by atoms with van der Waals surface area (Å²) in [4.78, 5) is 16.2. The van der Waals surface area contributed by atoms with Crippen molar-refractivity contribution in [2.24, 2.45) is 5.92 Å². The zero-order valence-electron chi connectivity index (χ0n) is 18.0. The van der Waals surface area contributed by atoms with Crippen LogP contribution in [0.2, 0.25) is 5.02 Å². The summed E-state index contributed by atoms with van der Waals surface area (Å²) in [5, 5.41) is 0.532. The predicted molar refractivity (Wildman–Crippen MR) is 126 cm³/mol. The van der Waals surface area contributed by atoms with Crippen LogP contribution >= 0.6 is 27.5 Å². The Kier molecular flexibility index (Phi) is 7.09. The molecule has 0 aromatic heterocycles. The van der Waals surface area contributed by atoms with Crippen molar-refractivity contribution in [3.63, 3.8) is 0 Å². The molecule has 0 N–H and O–H groups in total. The largest absolute Gasteiger partial charge is 0.454 e. The van der Waals surface area contributed by atoms with Crippen LogP contribution in [0.3, 0.4) is 0 Å². The molecule has 1 fully saturated rings. The molecule has 0 atom stereocenters. The standard InChI is InChI=1S/C24H28BrClN2O3/c1-27(2)24(29)19-4-3-16(12-21(19)26)5-8-28-9-6-17(7-10-28)11-18-13-22-23(14-20(18)25)31-15-30-22/h3-4,12-14,17H,5-11,15H2,1-2H3. The Balaban J connectivity index is 1.26. The fourth-order valence-corrected chi connectivity index (χ4v) is 5.02. The second-order valence-corrected chi connectivity index (χ2v) is 9.81. The quantitative estimate of drug-likeness (QED) is 0.550. The van der Waals surface area contributed by atoms with E-state index < -0.39 is 0 Å². The van der Waals surface area contributed by atoms with Crippen LogP contribution in [0, 0.1) is 5.92 Å². The van der Waals surface area contributed by atoms with Crippen LogP contribution in [0.25, 0.3) is 0 Å². The highest BCUT2D eigenvalue weighted by Gasteiger charge is 2.22. The molecule has 0 saturated carbocycles. The Morgan fingerprint density at radius 1 is 1.16 bits per heavy atom. The number of hydrogen-bond donors (Lipinski definition) is 0. The summed E-state index contributed by atoms with van der Waals surface area (Å²) in [5.41, 5.74) is 3.03. The van der Waals surface area contributed by atoms with Crippen molar-refractivity contribution in [1.82, 2.24) is 9.80 Å². The van der Waals surface area contributed by atoms with E-state index in [0.717, 1.165) is 48.4 Å². The molecule has 31 heavy (non-hydrogen) atoms. The number of nitrogens with zero attached hydrogens (tertiary/aromatic N) is 2. The molecule has 1 saturated heterocycles. The van der Waals surface area contributed by atoms with Crippen molar-refractivity contribution in [2.45, 2.75) is 25.7 Å². The molecule has 2 aliphatic heterocycles. The van der Waals surface area contributed by atoms with Crippen molar-refractivity contribution >= 4 is 33.4 Å². The maximum absolute atomic E-state index is 12.1. The van der Waals surface area contributed by atoms with Gasteiger partial charge in [0, 0.05) is 25.1 Å². The van der Waals surface area contributed by atoms with Gasteiger partial charge in [-0.1, -0.05) is 33.6 Å². The molecule has 2 aromatic rings. The number of carbonyl (C=O) groups excluding carboxylic acids is 1. The van der Waals surface area contributed by atoms with Gasteiger partial charge in [0.25, 0.3) is 5.91 Å². The predicted octanol–water partition coefficient (Wildman–Crippen LogP) is 5.03. The van der Waals surface area contributed by atoms with Crippen molar-refractivity contribution < 1.29 is 14.3 Å². The number of likely N-dealkylation sites (tertiary alicyclic amines) is 1. The smallest absolute Gasteiger partial charge is 0.254 e. The molecule has 2 heterocycles. The first-order valence-electron chi connectivity index (χ1n) is 10.7. The SMILES string of the molecule is CN(C)C(=O)c1ccc(CCN2CCC(Cc3cc4c(cc3Br)OCO4)CC2)cc1Cl. The summed E-state index contributed by atoms with van der Waals surface area (Å²) in [6.07, 6.45) is 4.38. The third kappa shape index (κ3) is 5.36. The molecule has 5 nitrogen and oxygen atoms in total. The van der Waals surface area contributed by atoms with Gasteiger partial charge in [-0.2, -0.15) is 0 Å². The van der Waals surface area contributed by atoms with Gasteiger partial charge in [0.15, 0.2) is 11.5 Å². The highest BCUT2D eigenvalue weighted by Crippen LogP contribution is 2.38. The van der Waals surface area contributed by atoms with Crippen LogP contribution in [-0.2, 0) is 12.8 Å². The van der Waals surface area contributed by atoms with E-state index in [2.05, 4.69) is 26.9 Å². The zero-order chi connectivity index (χ0) is 22.0. The average Bonchev–Trinajstić information content (AvgIpc) is 3.20. The summed E-state index contributed by atoms with van der Waals surface area (Å²) in [5.74, 6) is 2.30. The van der Waals surface area contributed by atoms with Crippen LogP contribution in [-0.4, -0.2) is 56.2 Å². The molecule has 1 amide bonds. The summed E-state index contributed by atoms with van der Waals surface area (Å²) in [7, 11) is 3.48. The Morgan fingerprint density at radius 3 is 2.55 bits per heavy atom. The van der Waals surface area contributed by atoms with Gasteiger partial charge in [-0.05, 0) is 80.1 Å². The van der Waals surface area contributed by atoms with Crippen molar-refractivity contribution in [1.29, 1.82) is 0 Å². The van der Waals surface area contributed by atoms with E-state index in [1.54, 1.807) is 19.0 Å². The Bertz CT molecular complexity index is 958. The molecule has 0 radical (unpaired) electrons. The first-order chi connectivity index (χ1) is 14.9. The topological polar surface area (TPSA) is 42.0 Å². The molecule has 2 aliphatic rings. The summed E-state index contributed by atoms with van der Waals surface area (Å²) in [6.45, 7) is 3.54. The molecule has 166 valence electrons. The van der Waals surface area contributed by atoms with E-state index in [9.17, 15) is 4.79 Å². The lowest BCUT2D eigenvalue weighted by Gasteiger charge is -2.32. The average molecular weight is 508 g/mol. The maximum Gasteiger partial charge on any atom is 0.254 e. The van der Waals surface area contributed by atoms with Gasteiger partial charge in [0.2, 0.25) is 6.79 Å². The number of halogens is 2. The van der Waals surface area contributed by atoms with Gasteiger partial charge in [-0.15, -0.1) is 0 Å². The molecule has 0 unspecified atom stereocenters. The third-order valence-corrected chi connectivity index (χ3v) is 7.20.